The first kappa shape index (κ1) is 8.27. The Balaban J connectivity index is 3.26. The third-order valence-electron chi connectivity index (χ3n) is 1.10. The number of carbonyl (C=O) groups excluding carboxylic acids is 1. The van der Waals surface area contributed by atoms with Gasteiger partial charge in [0.1, 0.15) is 0 Å². The molecular formula is C6H13N2O. The highest BCUT2D eigenvalue weighted by atomic mass is 16.2. The van der Waals surface area contributed by atoms with E-state index in [1.165, 1.54) is 0 Å². The molecule has 1 unspecified atom stereocenters. The third-order valence-corrected chi connectivity index (χ3v) is 1.10. The quantitative estimate of drug-likeness (QED) is 0.611. The van der Waals surface area contributed by atoms with Gasteiger partial charge in [-0.05, 0) is 13.3 Å². The smallest absolute Gasteiger partial charge is 0.333 e. The number of urea groups is 1. The van der Waals surface area contributed by atoms with E-state index in [9.17, 15) is 4.79 Å². The SMILES string of the molecule is CCCC(C)NC([NH])=O. The summed E-state index contributed by atoms with van der Waals surface area (Å²) >= 11 is 0. The molecule has 0 saturated carbocycles. The van der Waals surface area contributed by atoms with Crippen LogP contribution >= 0.6 is 0 Å². The van der Waals surface area contributed by atoms with Crippen LogP contribution in [0.2, 0.25) is 0 Å². The molecule has 0 rings (SSSR count). The molecule has 0 aliphatic heterocycles. The molecule has 9 heavy (non-hydrogen) atoms. The molecule has 2 amide bonds. The van der Waals surface area contributed by atoms with Gasteiger partial charge >= 0.3 is 6.03 Å². The lowest BCUT2D eigenvalue weighted by Gasteiger charge is -2.08. The maximum absolute atomic E-state index is 10.1. The number of rotatable bonds is 3. The van der Waals surface area contributed by atoms with Crippen LogP contribution in [0, 0.1) is 0 Å². The molecule has 0 aromatic rings. The van der Waals surface area contributed by atoms with E-state index in [4.69, 9.17) is 5.73 Å². The Kier molecular flexibility index (Phi) is 3.84. The van der Waals surface area contributed by atoms with Gasteiger partial charge in [-0.25, -0.2) is 10.5 Å². The fourth-order valence-corrected chi connectivity index (χ4v) is 0.729. The maximum Gasteiger partial charge on any atom is 0.333 e. The summed E-state index contributed by atoms with van der Waals surface area (Å²) in [6.07, 6.45) is 1.99. The van der Waals surface area contributed by atoms with Crippen LogP contribution in [0.4, 0.5) is 4.79 Å². The van der Waals surface area contributed by atoms with Crippen LogP contribution in [-0.2, 0) is 0 Å². The summed E-state index contributed by atoms with van der Waals surface area (Å²) in [5, 5.41) is 2.47. The highest BCUT2D eigenvalue weighted by Gasteiger charge is 2.00. The molecule has 0 aromatic heterocycles. The molecule has 3 heteroatoms. The van der Waals surface area contributed by atoms with Crippen molar-refractivity contribution in [2.75, 3.05) is 0 Å². The highest BCUT2D eigenvalue weighted by Crippen LogP contribution is 1.93. The number of hydrogen-bond acceptors (Lipinski definition) is 1. The second-order valence-electron chi connectivity index (χ2n) is 2.16. The van der Waals surface area contributed by atoms with E-state index in [-0.39, 0.29) is 6.04 Å². The molecular weight excluding hydrogens is 116 g/mol. The Morgan fingerprint density at radius 2 is 2.33 bits per heavy atom. The Hall–Kier alpha value is -0.730. The first-order valence-corrected chi connectivity index (χ1v) is 3.19. The van der Waals surface area contributed by atoms with E-state index < -0.39 is 6.03 Å². The lowest BCUT2D eigenvalue weighted by molar-refractivity contribution is 0.244. The maximum atomic E-state index is 10.1. The largest absolute Gasteiger partial charge is 0.334 e. The van der Waals surface area contributed by atoms with Crippen LogP contribution in [0.3, 0.4) is 0 Å². The summed E-state index contributed by atoms with van der Waals surface area (Å²) in [5.41, 5.74) is 6.54. The first-order chi connectivity index (χ1) is 4.16. The van der Waals surface area contributed by atoms with Gasteiger partial charge in [0.2, 0.25) is 0 Å². The van der Waals surface area contributed by atoms with Gasteiger partial charge in [0.25, 0.3) is 0 Å². The zero-order valence-electron chi connectivity index (χ0n) is 5.90. The summed E-state index contributed by atoms with van der Waals surface area (Å²) in [7, 11) is 0. The van der Waals surface area contributed by atoms with Crippen molar-refractivity contribution >= 4 is 6.03 Å². The molecule has 0 fully saturated rings. The van der Waals surface area contributed by atoms with Gasteiger partial charge in [0.15, 0.2) is 0 Å². The second-order valence-corrected chi connectivity index (χ2v) is 2.16. The Bertz CT molecular complexity index is 93.1. The van der Waals surface area contributed by atoms with Gasteiger partial charge in [-0.3, -0.25) is 0 Å². The summed E-state index contributed by atoms with van der Waals surface area (Å²) < 4.78 is 0. The predicted molar refractivity (Wildman–Crippen MR) is 36.0 cm³/mol. The zero-order valence-corrected chi connectivity index (χ0v) is 5.90. The monoisotopic (exact) mass is 129 g/mol. The van der Waals surface area contributed by atoms with Crippen molar-refractivity contribution in [3.63, 3.8) is 0 Å². The van der Waals surface area contributed by atoms with Gasteiger partial charge < -0.3 is 5.32 Å². The summed E-state index contributed by atoms with van der Waals surface area (Å²) in [6.45, 7) is 3.95. The Labute approximate surface area is 55.6 Å². The Morgan fingerprint density at radius 1 is 1.78 bits per heavy atom. The van der Waals surface area contributed by atoms with Crippen molar-refractivity contribution in [2.45, 2.75) is 32.7 Å². The fraction of sp³-hybridized carbons (Fsp3) is 0.833. The van der Waals surface area contributed by atoms with E-state index in [2.05, 4.69) is 5.32 Å². The minimum absolute atomic E-state index is 0.153. The molecule has 0 saturated heterocycles. The Morgan fingerprint density at radius 3 is 2.67 bits per heavy atom. The minimum Gasteiger partial charge on any atom is -0.334 e. The van der Waals surface area contributed by atoms with E-state index in [1.807, 2.05) is 13.8 Å². The molecule has 0 bridgehead atoms. The van der Waals surface area contributed by atoms with Crippen LogP contribution in [0.15, 0.2) is 0 Å². The van der Waals surface area contributed by atoms with Crippen LogP contribution < -0.4 is 11.1 Å². The summed E-state index contributed by atoms with van der Waals surface area (Å²) in [5.74, 6) is 0. The lowest BCUT2D eigenvalue weighted by atomic mass is 10.2. The molecule has 0 heterocycles. The number of carbonyl (C=O) groups is 1. The standard InChI is InChI=1S/C6H13N2O/c1-3-4-5(2)8-6(7)9/h5,7H,3-4H2,1-2H3,(H,8,9). The van der Waals surface area contributed by atoms with Gasteiger partial charge in [0.05, 0.1) is 0 Å². The summed E-state index contributed by atoms with van der Waals surface area (Å²) in [6, 6.07) is -0.532. The molecule has 2 N–H and O–H groups in total. The number of amides is 2. The minimum atomic E-state index is -0.684. The van der Waals surface area contributed by atoms with Crippen molar-refractivity contribution in [3.8, 4) is 0 Å². The van der Waals surface area contributed by atoms with Gasteiger partial charge in [0, 0.05) is 6.04 Å². The van der Waals surface area contributed by atoms with Gasteiger partial charge in [-0.1, -0.05) is 13.3 Å². The number of nitrogens with one attached hydrogen (secondary N) is 2. The molecule has 0 aromatic carbocycles. The highest BCUT2D eigenvalue weighted by molar-refractivity contribution is 5.70. The average Bonchev–Trinajstić information content (AvgIpc) is 1.63. The van der Waals surface area contributed by atoms with Crippen molar-refractivity contribution < 1.29 is 4.79 Å². The zero-order chi connectivity index (χ0) is 7.28. The van der Waals surface area contributed by atoms with E-state index in [1.54, 1.807) is 0 Å². The van der Waals surface area contributed by atoms with Crippen molar-refractivity contribution in [2.24, 2.45) is 0 Å². The summed E-state index contributed by atoms with van der Waals surface area (Å²) in [4.78, 5) is 10.1. The van der Waals surface area contributed by atoms with Crippen LogP contribution in [0.25, 0.3) is 0 Å². The molecule has 1 atom stereocenters. The van der Waals surface area contributed by atoms with E-state index in [0.29, 0.717) is 0 Å². The van der Waals surface area contributed by atoms with Crippen molar-refractivity contribution in [3.05, 3.63) is 0 Å². The third kappa shape index (κ3) is 5.14. The van der Waals surface area contributed by atoms with Crippen LogP contribution in [0.5, 0.6) is 0 Å². The first-order valence-electron chi connectivity index (χ1n) is 3.19. The topological polar surface area (TPSA) is 52.9 Å². The molecule has 1 radical (unpaired) electrons. The van der Waals surface area contributed by atoms with Crippen molar-refractivity contribution in [1.29, 1.82) is 0 Å². The molecule has 3 nitrogen and oxygen atoms in total. The normalized spacial score (nSPS) is 12.7. The molecule has 53 valence electrons. The van der Waals surface area contributed by atoms with Gasteiger partial charge in [-0.15, -0.1) is 0 Å². The predicted octanol–water partition coefficient (Wildman–Crippen LogP) is 1.17. The molecule has 0 aliphatic rings. The van der Waals surface area contributed by atoms with Gasteiger partial charge in [-0.2, -0.15) is 0 Å². The second kappa shape index (κ2) is 4.18. The van der Waals surface area contributed by atoms with E-state index >= 15 is 0 Å². The molecule has 0 spiro atoms. The van der Waals surface area contributed by atoms with Crippen LogP contribution in [-0.4, -0.2) is 12.1 Å². The van der Waals surface area contributed by atoms with E-state index in [0.717, 1.165) is 12.8 Å². The van der Waals surface area contributed by atoms with Crippen LogP contribution in [0.1, 0.15) is 26.7 Å². The fourth-order valence-electron chi connectivity index (χ4n) is 0.729. The lowest BCUT2D eigenvalue weighted by Crippen LogP contribution is -2.31. The number of hydrogen-bond donors (Lipinski definition) is 1. The van der Waals surface area contributed by atoms with Crippen molar-refractivity contribution in [1.82, 2.24) is 11.1 Å². The average molecular weight is 129 g/mol. The molecule has 0 aliphatic carbocycles.